The number of aromatic nitrogens is 3. The highest BCUT2D eigenvalue weighted by atomic mass is 79.9. The SMILES string of the molecule is COc1nc(C2=NC(c3nn(C)c4ccccc34)CON2)ccc1Br. The fourth-order valence-electron chi connectivity index (χ4n) is 2.85. The van der Waals surface area contributed by atoms with Crippen LogP contribution in [0.15, 0.2) is 45.9 Å². The van der Waals surface area contributed by atoms with Crippen molar-refractivity contribution in [2.24, 2.45) is 12.0 Å². The van der Waals surface area contributed by atoms with E-state index in [-0.39, 0.29) is 6.04 Å². The van der Waals surface area contributed by atoms with Crippen molar-refractivity contribution in [2.75, 3.05) is 13.7 Å². The number of aliphatic imine (C=N–C) groups is 1. The second-order valence-electron chi connectivity index (χ2n) is 5.62. The molecule has 0 fully saturated rings. The summed E-state index contributed by atoms with van der Waals surface area (Å²) < 4.78 is 7.90. The number of para-hydroxylation sites is 1. The van der Waals surface area contributed by atoms with Crippen LogP contribution >= 0.6 is 15.9 Å². The van der Waals surface area contributed by atoms with Crippen LogP contribution in [0.2, 0.25) is 0 Å². The first-order chi connectivity index (χ1) is 12.2. The Labute approximate surface area is 152 Å². The summed E-state index contributed by atoms with van der Waals surface area (Å²) >= 11 is 3.40. The molecule has 1 aromatic carbocycles. The number of amidine groups is 1. The van der Waals surface area contributed by atoms with E-state index in [1.165, 1.54) is 0 Å². The Morgan fingerprint density at radius 2 is 2.12 bits per heavy atom. The summed E-state index contributed by atoms with van der Waals surface area (Å²) in [5, 5.41) is 5.71. The first kappa shape index (κ1) is 16.0. The van der Waals surface area contributed by atoms with E-state index in [0.717, 1.165) is 21.1 Å². The Morgan fingerprint density at radius 3 is 2.96 bits per heavy atom. The molecule has 7 nitrogen and oxygen atoms in total. The molecule has 3 heterocycles. The molecule has 128 valence electrons. The number of aryl methyl sites for hydroxylation is 1. The summed E-state index contributed by atoms with van der Waals surface area (Å²) in [6, 6.07) is 11.6. The van der Waals surface area contributed by atoms with Crippen molar-refractivity contribution in [3.63, 3.8) is 0 Å². The second kappa shape index (κ2) is 6.45. The zero-order chi connectivity index (χ0) is 17.4. The van der Waals surface area contributed by atoms with Gasteiger partial charge in [-0.1, -0.05) is 18.2 Å². The molecule has 25 heavy (non-hydrogen) atoms. The van der Waals surface area contributed by atoms with Crippen LogP contribution in [0.25, 0.3) is 10.9 Å². The van der Waals surface area contributed by atoms with Crippen LogP contribution in [0, 0.1) is 0 Å². The number of rotatable bonds is 3. The lowest BCUT2D eigenvalue weighted by atomic mass is 10.1. The Kier molecular flexibility index (Phi) is 4.14. The van der Waals surface area contributed by atoms with Crippen molar-refractivity contribution in [3.05, 3.63) is 52.3 Å². The molecule has 1 unspecified atom stereocenters. The Balaban J connectivity index is 1.75. The van der Waals surface area contributed by atoms with Crippen LogP contribution in [-0.2, 0) is 11.9 Å². The molecule has 2 aromatic heterocycles. The highest BCUT2D eigenvalue weighted by Crippen LogP contribution is 2.28. The number of benzene rings is 1. The van der Waals surface area contributed by atoms with E-state index < -0.39 is 0 Å². The summed E-state index contributed by atoms with van der Waals surface area (Å²) in [6.07, 6.45) is 0. The Morgan fingerprint density at radius 1 is 1.28 bits per heavy atom. The molecule has 1 aliphatic heterocycles. The van der Waals surface area contributed by atoms with E-state index in [4.69, 9.17) is 14.6 Å². The molecule has 1 atom stereocenters. The van der Waals surface area contributed by atoms with E-state index in [0.29, 0.717) is 24.0 Å². The van der Waals surface area contributed by atoms with Gasteiger partial charge in [-0.15, -0.1) is 0 Å². The van der Waals surface area contributed by atoms with Gasteiger partial charge >= 0.3 is 0 Å². The standard InChI is InChI=1S/C17H16BrN5O2/c1-23-14-6-4-3-5-10(14)15(21-23)13-9-25-22-16(19-13)12-8-7-11(18)17(20-12)24-2/h3-8,13H,9H2,1-2H3,(H,19,22). The second-order valence-corrected chi connectivity index (χ2v) is 6.47. The minimum atomic E-state index is -0.209. The number of fused-ring (bicyclic) bond motifs is 1. The van der Waals surface area contributed by atoms with Crippen LogP contribution in [0.4, 0.5) is 0 Å². The number of hydrogen-bond donors (Lipinski definition) is 1. The predicted molar refractivity (Wildman–Crippen MR) is 97.6 cm³/mol. The lowest BCUT2D eigenvalue weighted by Gasteiger charge is -2.21. The molecule has 1 aliphatic rings. The maximum Gasteiger partial charge on any atom is 0.228 e. The van der Waals surface area contributed by atoms with Crippen molar-refractivity contribution >= 4 is 32.7 Å². The minimum absolute atomic E-state index is 0.209. The number of nitrogens with zero attached hydrogens (tertiary/aromatic N) is 4. The third-order valence-electron chi connectivity index (χ3n) is 4.05. The van der Waals surface area contributed by atoms with Crippen molar-refractivity contribution in [3.8, 4) is 5.88 Å². The molecule has 4 rings (SSSR count). The van der Waals surface area contributed by atoms with Crippen LogP contribution in [0.3, 0.4) is 0 Å². The van der Waals surface area contributed by atoms with Gasteiger partial charge in [0, 0.05) is 12.4 Å². The molecule has 0 saturated carbocycles. The fourth-order valence-corrected chi connectivity index (χ4v) is 3.24. The van der Waals surface area contributed by atoms with Crippen molar-refractivity contribution in [1.82, 2.24) is 20.2 Å². The topological polar surface area (TPSA) is 73.6 Å². The molecule has 0 saturated heterocycles. The average Bonchev–Trinajstić information content (AvgIpc) is 2.99. The molecule has 3 aromatic rings. The molecule has 0 radical (unpaired) electrons. The highest BCUT2D eigenvalue weighted by molar-refractivity contribution is 9.10. The molecule has 0 amide bonds. The summed E-state index contributed by atoms with van der Waals surface area (Å²) in [7, 11) is 3.51. The van der Waals surface area contributed by atoms with E-state index in [2.05, 4.69) is 37.6 Å². The number of pyridine rings is 1. The van der Waals surface area contributed by atoms with Gasteiger partial charge in [-0.05, 0) is 34.1 Å². The first-order valence-corrected chi connectivity index (χ1v) is 8.55. The minimum Gasteiger partial charge on any atom is -0.480 e. The molecule has 0 spiro atoms. The zero-order valence-electron chi connectivity index (χ0n) is 13.7. The maximum atomic E-state index is 5.54. The van der Waals surface area contributed by atoms with Crippen molar-refractivity contribution < 1.29 is 9.57 Å². The first-order valence-electron chi connectivity index (χ1n) is 7.75. The van der Waals surface area contributed by atoms with Gasteiger partial charge in [-0.2, -0.15) is 5.10 Å². The van der Waals surface area contributed by atoms with Crippen LogP contribution < -0.4 is 10.2 Å². The Bertz CT molecular complexity index is 969. The van der Waals surface area contributed by atoms with E-state index in [9.17, 15) is 0 Å². The normalized spacial score (nSPS) is 17.2. The molecular formula is C17H16BrN5O2. The molecule has 0 bridgehead atoms. The molecular weight excluding hydrogens is 386 g/mol. The number of methoxy groups -OCH3 is 1. The molecule has 8 heteroatoms. The van der Waals surface area contributed by atoms with E-state index in [1.807, 2.05) is 42.1 Å². The Hall–Kier alpha value is -2.45. The summed E-state index contributed by atoms with van der Waals surface area (Å²) in [5.41, 5.74) is 5.44. The van der Waals surface area contributed by atoms with Crippen LogP contribution in [-0.4, -0.2) is 34.3 Å². The zero-order valence-corrected chi connectivity index (χ0v) is 15.3. The predicted octanol–water partition coefficient (Wildman–Crippen LogP) is 2.76. The monoisotopic (exact) mass is 401 g/mol. The van der Waals surface area contributed by atoms with Crippen molar-refractivity contribution in [1.29, 1.82) is 0 Å². The van der Waals surface area contributed by atoms with Gasteiger partial charge in [-0.3, -0.25) is 14.5 Å². The van der Waals surface area contributed by atoms with Gasteiger partial charge in [0.2, 0.25) is 5.88 Å². The molecule has 0 aliphatic carbocycles. The lowest BCUT2D eigenvalue weighted by molar-refractivity contribution is 0.0614. The quantitative estimate of drug-likeness (QED) is 0.730. The smallest absolute Gasteiger partial charge is 0.228 e. The van der Waals surface area contributed by atoms with Gasteiger partial charge in [0.25, 0.3) is 0 Å². The third kappa shape index (κ3) is 2.87. The third-order valence-corrected chi connectivity index (χ3v) is 4.65. The van der Waals surface area contributed by atoms with Crippen molar-refractivity contribution in [2.45, 2.75) is 6.04 Å². The lowest BCUT2D eigenvalue weighted by Crippen LogP contribution is -2.33. The number of ether oxygens (including phenoxy) is 1. The number of halogens is 1. The molecule has 1 N–H and O–H groups in total. The maximum absolute atomic E-state index is 5.54. The average molecular weight is 402 g/mol. The van der Waals surface area contributed by atoms with Gasteiger partial charge in [0.15, 0.2) is 5.84 Å². The van der Waals surface area contributed by atoms with Gasteiger partial charge < -0.3 is 4.74 Å². The number of hydroxylamine groups is 1. The highest BCUT2D eigenvalue weighted by Gasteiger charge is 2.24. The summed E-state index contributed by atoms with van der Waals surface area (Å²) in [5.74, 6) is 1.05. The van der Waals surface area contributed by atoms with E-state index >= 15 is 0 Å². The van der Waals surface area contributed by atoms with Gasteiger partial charge in [-0.25, -0.2) is 10.5 Å². The summed E-state index contributed by atoms with van der Waals surface area (Å²) in [4.78, 5) is 14.7. The van der Waals surface area contributed by atoms with Crippen LogP contribution in [0.1, 0.15) is 17.4 Å². The largest absolute Gasteiger partial charge is 0.480 e. The van der Waals surface area contributed by atoms with Crippen LogP contribution in [0.5, 0.6) is 5.88 Å². The number of hydrogen-bond acceptors (Lipinski definition) is 6. The summed E-state index contributed by atoms with van der Waals surface area (Å²) in [6.45, 7) is 0.401. The van der Waals surface area contributed by atoms with Gasteiger partial charge in [0.1, 0.15) is 18.3 Å². The number of nitrogens with one attached hydrogen (secondary N) is 1. The van der Waals surface area contributed by atoms with E-state index in [1.54, 1.807) is 7.11 Å². The van der Waals surface area contributed by atoms with Gasteiger partial charge in [0.05, 0.1) is 22.8 Å². The fraction of sp³-hybridized carbons (Fsp3) is 0.235.